The number of aryl methyl sites for hydroxylation is 2. The molecule has 3 heterocycles. The van der Waals surface area contributed by atoms with Crippen molar-refractivity contribution < 1.29 is 4.79 Å². The molecule has 0 N–H and O–H groups in total. The molecule has 1 aliphatic rings. The number of fused-ring (bicyclic) bond motifs is 1. The Hall–Kier alpha value is -2.17. The van der Waals surface area contributed by atoms with Crippen LogP contribution in [-0.2, 0) is 29.7 Å². The molecule has 0 radical (unpaired) electrons. The van der Waals surface area contributed by atoms with E-state index < -0.39 is 0 Å². The molecule has 2 aromatic heterocycles. The highest BCUT2D eigenvalue weighted by Crippen LogP contribution is 2.24. The Bertz CT molecular complexity index is 742. The Morgan fingerprint density at radius 3 is 2.71 bits per heavy atom. The summed E-state index contributed by atoms with van der Waals surface area (Å²) in [6.45, 7) is 10.7. The molecule has 5 nitrogen and oxygen atoms in total. The van der Waals surface area contributed by atoms with Gasteiger partial charge in [0.25, 0.3) is 0 Å². The van der Waals surface area contributed by atoms with Gasteiger partial charge in [-0.1, -0.05) is 26.8 Å². The molecule has 0 aromatic carbocycles. The van der Waals surface area contributed by atoms with Crippen molar-refractivity contribution in [3.63, 3.8) is 0 Å². The highest BCUT2D eigenvalue weighted by molar-refractivity contribution is 5.76. The molecule has 1 amide bonds. The van der Waals surface area contributed by atoms with Crippen LogP contribution in [0.3, 0.4) is 0 Å². The van der Waals surface area contributed by atoms with Crippen LogP contribution < -0.4 is 0 Å². The molecule has 24 heavy (non-hydrogen) atoms. The Morgan fingerprint density at radius 2 is 2.00 bits per heavy atom. The molecular formula is C19H26N4O. The number of amides is 1. The topological polar surface area (TPSA) is 51.0 Å². The average molecular weight is 326 g/mol. The normalized spacial score (nSPS) is 14.6. The third kappa shape index (κ3) is 3.66. The zero-order chi connectivity index (χ0) is 17.3. The highest BCUT2D eigenvalue weighted by Gasteiger charge is 2.25. The van der Waals surface area contributed by atoms with Gasteiger partial charge < -0.3 is 4.90 Å². The maximum Gasteiger partial charge on any atom is 0.223 e. The van der Waals surface area contributed by atoms with Crippen LogP contribution in [-0.4, -0.2) is 32.1 Å². The van der Waals surface area contributed by atoms with Crippen molar-refractivity contribution in [2.75, 3.05) is 6.54 Å². The van der Waals surface area contributed by atoms with Crippen molar-refractivity contribution in [3.05, 3.63) is 47.0 Å². The lowest BCUT2D eigenvalue weighted by molar-refractivity contribution is -0.132. The first-order valence-corrected chi connectivity index (χ1v) is 8.58. The molecule has 1 aliphatic heterocycles. The van der Waals surface area contributed by atoms with Gasteiger partial charge in [0, 0.05) is 30.8 Å². The predicted octanol–water partition coefficient (Wildman–Crippen LogP) is 2.86. The van der Waals surface area contributed by atoms with E-state index in [0.717, 1.165) is 42.0 Å². The molecule has 0 fully saturated rings. The van der Waals surface area contributed by atoms with E-state index in [2.05, 4.69) is 47.7 Å². The van der Waals surface area contributed by atoms with Crippen LogP contribution in [0.1, 0.15) is 49.7 Å². The zero-order valence-electron chi connectivity index (χ0n) is 15.0. The molecule has 0 bridgehead atoms. The molecule has 2 aromatic rings. The first-order chi connectivity index (χ1) is 11.3. The van der Waals surface area contributed by atoms with E-state index in [1.165, 1.54) is 0 Å². The number of aromatic nitrogens is 3. The second-order valence-electron chi connectivity index (χ2n) is 7.68. The van der Waals surface area contributed by atoms with Crippen molar-refractivity contribution in [3.8, 4) is 0 Å². The Morgan fingerprint density at radius 1 is 1.21 bits per heavy atom. The van der Waals surface area contributed by atoms with E-state index in [0.29, 0.717) is 13.0 Å². The standard InChI is InChI=1S/C19H26N4O/c1-14-9-15(12-20-11-14)5-6-18(24)22-7-8-23-16(13-22)10-17(21-23)19(2,3)4/h9-12H,5-8,13H2,1-4H3. The van der Waals surface area contributed by atoms with Crippen molar-refractivity contribution in [2.24, 2.45) is 0 Å². The molecule has 0 saturated carbocycles. The lowest BCUT2D eigenvalue weighted by Crippen LogP contribution is -2.38. The van der Waals surface area contributed by atoms with Crippen LogP contribution in [0.5, 0.6) is 0 Å². The minimum Gasteiger partial charge on any atom is -0.335 e. The van der Waals surface area contributed by atoms with E-state index in [1.807, 2.05) is 24.2 Å². The van der Waals surface area contributed by atoms with Gasteiger partial charge in [-0.15, -0.1) is 0 Å². The summed E-state index contributed by atoms with van der Waals surface area (Å²) in [6, 6.07) is 4.24. The molecule has 5 heteroatoms. The molecular weight excluding hydrogens is 300 g/mol. The highest BCUT2D eigenvalue weighted by atomic mass is 16.2. The van der Waals surface area contributed by atoms with Gasteiger partial charge in [-0.25, -0.2) is 0 Å². The van der Waals surface area contributed by atoms with Crippen molar-refractivity contribution in [1.82, 2.24) is 19.7 Å². The molecule has 0 saturated heterocycles. The lowest BCUT2D eigenvalue weighted by Gasteiger charge is -2.27. The second kappa shape index (κ2) is 6.38. The molecule has 0 spiro atoms. The number of nitrogens with zero attached hydrogens (tertiary/aromatic N) is 4. The Balaban J connectivity index is 1.62. The number of carbonyl (C=O) groups excluding carboxylic acids is 1. The second-order valence-corrected chi connectivity index (χ2v) is 7.68. The van der Waals surface area contributed by atoms with Gasteiger partial charge >= 0.3 is 0 Å². The fraction of sp³-hybridized carbons (Fsp3) is 0.526. The Labute approximate surface area is 143 Å². The maximum absolute atomic E-state index is 12.5. The predicted molar refractivity (Wildman–Crippen MR) is 93.6 cm³/mol. The van der Waals surface area contributed by atoms with E-state index >= 15 is 0 Å². The molecule has 0 atom stereocenters. The van der Waals surface area contributed by atoms with Gasteiger partial charge in [0.15, 0.2) is 0 Å². The van der Waals surface area contributed by atoms with Gasteiger partial charge in [0.05, 0.1) is 24.5 Å². The smallest absolute Gasteiger partial charge is 0.223 e. The van der Waals surface area contributed by atoms with E-state index in [1.54, 1.807) is 0 Å². The number of rotatable bonds is 3. The van der Waals surface area contributed by atoms with Gasteiger partial charge in [-0.05, 0) is 30.5 Å². The summed E-state index contributed by atoms with van der Waals surface area (Å²) in [4.78, 5) is 18.7. The van der Waals surface area contributed by atoms with Gasteiger partial charge in [0.2, 0.25) is 5.91 Å². The third-order valence-corrected chi connectivity index (χ3v) is 4.48. The van der Waals surface area contributed by atoms with E-state index in [9.17, 15) is 4.79 Å². The monoisotopic (exact) mass is 326 g/mol. The maximum atomic E-state index is 12.5. The summed E-state index contributed by atoms with van der Waals surface area (Å²) in [5, 5.41) is 4.69. The van der Waals surface area contributed by atoms with Crippen LogP contribution >= 0.6 is 0 Å². The summed E-state index contributed by atoms with van der Waals surface area (Å²) in [6.07, 6.45) is 4.97. The fourth-order valence-corrected chi connectivity index (χ4v) is 3.01. The molecule has 0 unspecified atom stereocenters. The fourth-order valence-electron chi connectivity index (χ4n) is 3.01. The minimum atomic E-state index is 0.0390. The van der Waals surface area contributed by atoms with Gasteiger partial charge in [0.1, 0.15) is 0 Å². The number of carbonyl (C=O) groups is 1. The first kappa shape index (κ1) is 16.7. The number of hydrogen-bond donors (Lipinski definition) is 0. The summed E-state index contributed by atoms with van der Waals surface area (Å²) in [5.41, 5.74) is 4.53. The molecule has 128 valence electrons. The molecule has 3 rings (SSSR count). The van der Waals surface area contributed by atoms with E-state index in [-0.39, 0.29) is 11.3 Å². The number of pyridine rings is 1. The largest absolute Gasteiger partial charge is 0.335 e. The lowest BCUT2D eigenvalue weighted by atomic mass is 9.92. The quantitative estimate of drug-likeness (QED) is 0.871. The van der Waals surface area contributed by atoms with Crippen LogP contribution in [0.25, 0.3) is 0 Å². The van der Waals surface area contributed by atoms with Crippen LogP contribution in [0.15, 0.2) is 24.5 Å². The SMILES string of the molecule is Cc1cncc(CCC(=O)N2CCn3nc(C(C)(C)C)cc3C2)c1. The summed E-state index contributed by atoms with van der Waals surface area (Å²) < 4.78 is 2.05. The van der Waals surface area contributed by atoms with Crippen molar-refractivity contribution in [2.45, 2.75) is 59.0 Å². The van der Waals surface area contributed by atoms with Gasteiger partial charge in [-0.3, -0.25) is 14.5 Å². The summed E-state index contributed by atoms with van der Waals surface area (Å²) in [5.74, 6) is 0.210. The number of hydrogen-bond acceptors (Lipinski definition) is 3. The van der Waals surface area contributed by atoms with Crippen molar-refractivity contribution >= 4 is 5.91 Å². The Kier molecular flexibility index (Phi) is 4.43. The minimum absolute atomic E-state index is 0.0390. The molecule has 0 aliphatic carbocycles. The third-order valence-electron chi connectivity index (χ3n) is 4.48. The zero-order valence-corrected chi connectivity index (χ0v) is 15.0. The van der Waals surface area contributed by atoms with Gasteiger partial charge in [-0.2, -0.15) is 5.10 Å². The van der Waals surface area contributed by atoms with E-state index in [4.69, 9.17) is 0 Å². The average Bonchev–Trinajstić information content (AvgIpc) is 2.96. The van der Waals surface area contributed by atoms with Crippen LogP contribution in [0.4, 0.5) is 0 Å². The first-order valence-electron chi connectivity index (χ1n) is 8.58. The van der Waals surface area contributed by atoms with Crippen molar-refractivity contribution in [1.29, 1.82) is 0 Å². The summed E-state index contributed by atoms with van der Waals surface area (Å²) >= 11 is 0. The van der Waals surface area contributed by atoms with Crippen LogP contribution in [0.2, 0.25) is 0 Å². The van der Waals surface area contributed by atoms with Crippen LogP contribution in [0, 0.1) is 6.92 Å². The summed E-state index contributed by atoms with van der Waals surface area (Å²) in [7, 11) is 0.